The molecule has 30 heavy (non-hydrogen) atoms. The minimum atomic E-state index is -3.48. The molecule has 1 amide bonds. The SMILES string of the molecule is Cc1ccc(CNC(=O)CC2COc3cc(S(=O)(=O)N4CCCC4)ccc3N2)cc1. The largest absolute Gasteiger partial charge is 0.489 e. The molecule has 2 aromatic carbocycles. The Morgan fingerprint density at radius 3 is 2.63 bits per heavy atom. The van der Waals surface area contributed by atoms with Crippen LogP contribution in [0.3, 0.4) is 0 Å². The van der Waals surface area contributed by atoms with Crippen LogP contribution >= 0.6 is 0 Å². The van der Waals surface area contributed by atoms with E-state index < -0.39 is 10.0 Å². The van der Waals surface area contributed by atoms with Crippen molar-refractivity contribution in [3.63, 3.8) is 0 Å². The number of rotatable bonds is 6. The minimum Gasteiger partial charge on any atom is -0.489 e. The molecular weight excluding hydrogens is 402 g/mol. The number of nitrogens with zero attached hydrogens (tertiary/aromatic N) is 1. The van der Waals surface area contributed by atoms with Crippen molar-refractivity contribution >= 4 is 21.6 Å². The highest BCUT2D eigenvalue weighted by Gasteiger charge is 2.29. The average Bonchev–Trinajstić information content (AvgIpc) is 3.29. The first kappa shape index (κ1) is 20.7. The zero-order chi connectivity index (χ0) is 21.1. The molecule has 0 aromatic heterocycles. The zero-order valence-corrected chi connectivity index (χ0v) is 17.9. The summed E-state index contributed by atoms with van der Waals surface area (Å²) in [5.41, 5.74) is 2.94. The molecule has 2 aliphatic rings. The molecule has 2 N–H and O–H groups in total. The van der Waals surface area contributed by atoms with Gasteiger partial charge in [-0.05, 0) is 37.5 Å². The first-order chi connectivity index (χ1) is 14.4. The summed E-state index contributed by atoms with van der Waals surface area (Å²) in [5.74, 6) is 0.444. The maximum atomic E-state index is 12.7. The van der Waals surface area contributed by atoms with Crippen LogP contribution in [0.5, 0.6) is 5.75 Å². The van der Waals surface area contributed by atoms with E-state index in [-0.39, 0.29) is 23.3 Å². The number of hydrogen-bond donors (Lipinski definition) is 2. The molecule has 2 aromatic rings. The molecule has 1 fully saturated rings. The number of benzene rings is 2. The number of fused-ring (bicyclic) bond motifs is 1. The Morgan fingerprint density at radius 1 is 1.17 bits per heavy atom. The Kier molecular flexibility index (Phi) is 5.97. The number of sulfonamides is 1. The summed E-state index contributed by atoms with van der Waals surface area (Å²) in [6, 6.07) is 12.8. The Balaban J connectivity index is 1.34. The fourth-order valence-corrected chi connectivity index (χ4v) is 5.28. The number of carbonyl (C=O) groups is 1. The molecule has 0 saturated carbocycles. The van der Waals surface area contributed by atoms with Crippen LogP contribution in [-0.2, 0) is 21.4 Å². The normalized spacial score (nSPS) is 18.9. The van der Waals surface area contributed by atoms with Gasteiger partial charge in [-0.25, -0.2) is 8.42 Å². The van der Waals surface area contributed by atoms with Gasteiger partial charge in [0.05, 0.1) is 23.0 Å². The molecule has 0 radical (unpaired) electrons. The highest BCUT2D eigenvalue weighted by molar-refractivity contribution is 7.89. The Labute approximate surface area is 177 Å². The van der Waals surface area contributed by atoms with Crippen LogP contribution in [0.15, 0.2) is 47.4 Å². The second-order valence-electron chi connectivity index (χ2n) is 7.89. The first-order valence-electron chi connectivity index (χ1n) is 10.3. The van der Waals surface area contributed by atoms with E-state index >= 15 is 0 Å². The van der Waals surface area contributed by atoms with Gasteiger partial charge >= 0.3 is 0 Å². The summed E-state index contributed by atoms with van der Waals surface area (Å²) >= 11 is 0. The average molecular weight is 430 g/mol. The molecular formula is C22H27N3O4S. The summed E-state index contributed by atoms with van der Waals surface area (Å²) in [7, 11) is -3.48. The number of nitrogens with one attached hydrogen (secondary N) is 2. The molecule has 7 nitrogen and oxygen atoms in total. The third-order valence-electron chi connectivity index (χ3n) is 5.50. The number of carbonyl (C=O) groups excluding carboxylic acids is 1. The maximum Gasteiger partial charge on any atom is 0.243 e. The van der Waals surface area contributed by atoms with E-state index in [1.807, 2.05) is 31.2 Å². The van der Waals surface area contributed by atoms with Gasteiger partial charge in [-0.3, -0.25) is 4.79 Å². The predicted molar refractivity (Wildman–Crippen MR) is 115 cm³/mol. The molecule has 1 saturated heterocycles. The Morgan fingerprint density at radius 2 is 1.90 bits per heavy atom. The molecule has 1 atom stereocenters. The lowest BCUT2D eigenvalue weighted by molar-refractivity contribution is -0.121. The molecule has 2 heterocycles. The van der Waals surface area contributed by atoms with Crippen LogP contribution in [-0.4, -0.2) is 44.4 Å². The van der Waals surface area contributed by atoms with Crippen molar-refractivity contribution in [1.82, 2.24) is 9.62 Å². The monoisotopic (exact) mass is 429 g/mol. The highest BCUT2D eigenvalue weighted by atomic mass is 32.2. The molecule has 4 rings (SSSR count). The van der Waals surface area contributed by atoms with Gasteiger partial charge in [0.2, 0.25) is 15.9 Å². The topological polar surface area (TPSA) is 87.7 Å². The predicted octanol–water partition coefficient (Wildman–Crippen LogP) is 2.66. The third kappa shape index (κ3) is 4.60. The lowest BCUT2D eigenvalue weighted by Crippen LogP contribution is -2.37. The van der Waals surface area contributed by atoms with E-state index in [0.717, 1.165) is 18.4 Å². The second kappa shape index (κ2) is 8.65. The fraction of sp³-hybridized carbons (Fsp3) is 0.409. The number of aryl methyl sites for hydroxylation is 1. The Hall–Kier alpha value is -2.58. The van der Waals surface area contributed by atoms with Crippen molar-refractivity contribution in [2.45, 2.75) is 43.7 Å². The summed E-state index contributed by atoms with van der Waals surface area (Å²) in [5, 5.41) is 6.22. The van der Waals surface area contributed by atoms with E-state index in [1.54, 1.807) is 18.2 Å². The van der Waals surface area contributed by atoms with Crippen molar-refractivity contribution in [2.24, 2.45) is 0 Å². The fourth-order valence-electron chi connectivity index (χ4n) is 3.74. The van der Waals surface area contributed by atoms with Gasteiger partial charge < -0.3 is 15.4 Å². The standard InChI is InChI=1S/C22H27N3O4S/c1-16-4-6-17(7-5-16)14-23-22(26)12-18-15-29-21-13-19(8-9-20(21)24-18)30(27,28)25-10-2-3-11-25/h4-9,13,18,24H,2-3,10-12,14-15H2,1H3,(H,23,26). The first-order valence-corrected chi connectivity index (χ1v) is 11.7. The van der Waals surface area contributed by atoms with Crippen LogP contribution in [0.25, 0.3) is 0 Å². The molecule has 0 spiro atoms. The maximum absolute atomic E-state index is 12.7. The van der Waals surface area contributed by atoms with Gasteiger partial charge in [-0.15, -0.1) is 0 Å². The van der Waals surface area contributed by atoms with E-state index in [2.05, 4.69) is 10.6 Å². The van der Waals surface area contributed by atoms with Gasteiger partial charge in [-0.1, -0.05) is 29.8 Å². The van der Waals surface area contributed by atoms with E-state index in [0.29, 0.717) is 37.7 Å². The van der Waals surface area contributed by atoms with Gasteiger partial charge in [0.15, 0.2) is 0 Å². The third-order valence-corrected chi connectivity index (χ3v) is 7.39. The van der Waals surface area contributed by atoms with Gasteiger partial charge in [-0.2, -0.15) is 4.31 Å². The van der Waals surface area contributed by atoms with E-state index in [4.69, 9.17) is 4.74 Å². The van der Waals surface area contributed by atoms with Crippen molar-refractivity contribution in [1.29, 1.82) is 0 Å². The van der Waals surface area contributed by atoms with Gasteiger partial charge in [0.1, 0.15) is 12.4 Å². The molecule has 8 heteroatoms. The molecule has 0 aliphatic carbocycles. The van der Waals surface area contributed by atoms with Crippen LogP contribution in [0.2, 0.25) is 0 Å². The highest BCUT2D eigenvalue weighted by Crippen LogP contribution is 2.33. The quantitative estimate of drug-likeness (QED) is 0.737. The number of anilines is 1. The van der Waals surface area contributed by atoms with Crippen LogP contribution in [0.1, 0.15) is 30.4 Å². The summed E-state index contributed by atoms with van der Waals surface area (Å²) in [6.07, 6.45) is 2.07. The van der Waals surface area contributed by atoms with Gasteiger partial charge in [0, 0.05) is 25.7 Å². The van der Waals surface area contributed by atoms with Crippen molar-refractivity contribution in [3.05, 3.63) is 53.6 Å². The number of amides is 1. The van der Waals surface area contributed by atoms with Crippen LogP contribution in [0.4, 0.5) is 5.69 Å². The zero-order valence-electron chi connectivity index (χ0n) is 17.1. The number of ether oxygens (including phenoxy) is 1. The summed E-state index contributed by atoms with van der Waals surface area (Å²) in [6.45, 7) is 3.95. The minimum absolute atomic E-state index is 0.0617. The van der Waals surface area contributed by atoms with Crippen LogP contribution < -0.4 is 15.4 Å². The second-order valence-corrected chi connectivity index (χ2v) is 9.83. The lowest BCUT2D eigenvalue weighted by atomic mass is 10.1. The summed E-state index contributed by atoms with van der Waals surface area (Å²) < 4.78 is 32.8. The molecule has 1 unspecified atom stereocenters. The molecule has 2 aliphatic heterocycles. The van der Waals surface area contributed by atoms with Crippen molar-refractivity contribution < 1.29 is 17.9 Å². The Bertz CT molecular complexity index is 1020. The van der Waals surface area contributed by atoms with Crippen LogP contribution in [0, 0.1) is 6.92 Å². The molecule has 0 bridgehead atoms. The molecule has 160 valence electrons. The lowest BCUT2D eigenvalue weighted by Gasteiger charge is -2.28. The van der Waals surface area contributed by atoms with Crippen molar-refractivity contribution in [2.75, 3.05) is 25.0 Å². The van der Waals surface area contributed by atoms with Crippen molar-refractivity contribution in [3.8, 4) is 5.75 Å². The van der Waals surface area contributed by atoms with E-state index in [9.17, 15) is 13.2 Å². The number of hydrogen-bond acceptors (Lipinski definition) is 5. The van der Waals surface area contributed by atoms with E-state index in [1.165, 1.54) is 9.87 Å². The smallest absolute Gasteiger partial charge is 0.243 e. The van der Waals surface area contributed by atoms with Gasteiger partial charge in [0.25, 0.3) is 0 Å². The summed E-state index contributed by atoms with van der Waals surface area (Å²) in [4.78, 5) is 12.6.